The van der Waals surface area contributed by atoms with E-state index < -0.39 is 53.9 Å². The molecule has 14 nitrogen and oxygen atoms in total. The van der Waals surface area contributed by atoms with Crippen LogP contribution in [0.5, 0.6) is 17.2 Å². The minimum atomic E-state index is -1.64. The van der Waals surface area contributed by atoms with Crippen molar-refractivity contribution in [3.05, 3.63) is 52.6 Å². The van der Waals surface area contributed by atoms with E-state index in [2.05, 4.69) is 51.8 Å². The highest BCUT2D eigenvalue weighted by Crippen LogP contribution is 2.50. The van der Waals surface area contributed by atoms with E-state index in [9.17, 15) is 30.0 Å². The van der Waals surface area contributed by atoms with Gasteiger partial charge in [-0.3, -0.25) is 9.59 Å². The number of amides is 2. The van der Waals surface area contributed by atoms with Crippen LogP contribution in [0.4, 0.5) is 0 Å². The third kappa shape index (κ3) is 8.68. The molecule has 7 N–H and O–H groups in total. The van der Waals surface area contributed by atoms with Crippen molar-refractivity contribution in [2.24, 2.45) is 0 Å². The van der Waals surface area contributed by atoms with Crippen LogP contribution in [-0.2, 0) is 6.54 Å². The quantitative estimate of drug-likeness (QED) is 0.113. The van der Waals surface area contributed by atoms with E-state index in [0.717, 1.165) is 57.8 Å². The van der Waals surface area contributed by atoms with Gasteiger partial charge in [0.2, 0.25) is 12.5 Å². The lowest BCUT2D eigenvalue weighted by Crippen LogP contribution is -2.69. The lowest BCUT2D eigenvalue weighted by atomic mass is 9.68. The maximum atomic E-state index is 13.5. The lowest BCUT2D eigenvalue weighted by molar-refractivity contribution is -0.117. The molecule has 0 saturated heterocycles. The van der Waals surface area contributed by atoms with Crippen molar-refractivity contribution in [2.75, 3.05) is 74.3 Å². The number of phenols is 1. The fourth-order valence-corrected chi connectivity index (χ4v) is 7.29. The average Bonchev–Trinajstić information content (AvgIpc) is 3.57. The number of ether oxygens (including phenoxy) is 2. The molecule has 14 heteroatoms. The number of nitrogens with one attached hydrogen (secondary N) is 3. The van der Waals surface area contributed by atoms with Crippen LogP contribution < -0.4 is 25.4 Å². The molecule has 1 aliphatic carbocycles. The maximum absolute atomic E-state index is 13.5. The van der Waals surface area contributed by atoms with Gasteiger partial charge in [0, 0.05) is 18.0 Å². The van der Waals surface area contributed by atoms with Gasteiger partial charge in [0.15, 0.2) is 11.5 Å². The molecule has 2 heterocycles. The number of hydrogen-bond acceptors (Lipinski definition) is 12. The van der Waals surface area contributed by atoms with Gasteiger partial charge in [0.25, 0.3) is 11.8 Å². The molecular weight excluding hydrogens is 644 g/mol. The van der Waals surface area contributed by atoms with Crippen molar-refractivity contribution in [1.82, 2.24) is 30.7 Å². The molecule has 276 valence electrons. The predicted molar refractivity (Wildman–Crippen MR) is 188 cm³/mol. The van der Waals surface area contributed by atoms with Gasteiger partial charge in [-0.1, -0.05) is 12.1 Å². The Kier molecular flexibility index (Phi) is 12.9. The van der Waals surface area contributed by atoms with Crippen molar-refractivity contribution in [3.63, 3.8) is 0 Å². The smallest absolute Gasteiger partial charge is 0.255 e. The highest BCUT2D eigenvalue weighted by molar-refractivity contribution is 6.02. The Hall–Kier alpha value is -3.50. The van der Waals surface area contributed by atoms with Crippen molar-refractivity contribution in [2.45, 2.75) is 68.5 Å². The van der Waals surface area contributed by atoms with E-state index in [1.54, 1.807) is 12.1 Å². The highest BCUT2D eigenvalue weighted by Gasteiger charge is 2.54. The number of carbonyl (C=O) groups is 2. The van der Waals surface area contributed by atoms with Crippen LogP contribution in [0.25, 0.3) is 0 Å². The Morgan fingerprint density at radius 1 is 0.880 bits per heavy atom. The fraction of sp³-hybridized carbons (Fsp3) is 0.611. The second-order valence-electron chi connectivity index (χ2n) is 14.0. The van der Waals surface area contributed by atoms with E-state index >= 15 is 0 Å². The molecule has 3 aliphatic rings. The van der Waals surface area contributed by atoms with Crippen LogP contribution in [0.1, 0.15) is 63.4 Å². The van der Waals surface area contributed by atoms with Crippen molar-refractivity contribution < 1.29 is 39.5 Å². The Morgan fingerprint density at radius 3 is 2.20 bits per heavy atom. The number of fused-ring (bicyclic) bond motifs is 4. The Bertz CT molecular complexity index is 1460. The third-order valence-corrected chi connectivity index (χ3v) is 10.1. The topological polar surface area (TPSA) is 179 Å². The molecule has 0 unspecified atom stereocenters. The molecule has 0 bridgehead atoms. The first-order valence-corrected chi connectivity index (χ1v) is 17.6. The van der Waals surface area contributed by atoms with Crippen molar-refractivity contribution >= 4 is 11.8 Å². The summed E-state index contributed by atoms with van der Waals surface area (Å²) in [5.74, 6) is -2.27. The Balaban J connectivity index is 1.13. The summed E-state index contributed by atoms with van der Waals surface area (Å²) in [5.41, 5.74) is 1.56. The number of phenolic OH excluding ortho intramolecular Hbond substituents is 1. The standard InChI is InChI=1S/C36H54N6O8/c1-37-13-7-16-40(2)14-5-6-15-41(3)17-8-18-42(4)20-22-9-11-23(12-10-22)35(47)38-28-26-24-19-25-34(50-21-49-25)30(43)27(24)36(48)39-29(26)32(45)33(46)31(28)44/h9-12,19,26,28-29,31-33,37,43-46H,5-8,13-18,20-21H2,1-4H3,(H,38,47)(H,39,48)/t26-,28+,29+,31-,32-,33+/m0/s1. The van der Waals surface area contributed by atoms with Gasteiger partial charge in [-0.2, -0.15) is 0 Å². The minimum Gasteiger partial charge on any atom is -0.504 e. The molecule has 50 heavy (non-hydrogen) atoms. The molecule has 1 saturated carbocycles. The normalized spacial score (nSPS) is 24.0. The van der Waals surface area contributed by atoms with Gasteiger partial charge in [-0.25, -0.2) is 0 Å². The summed E-state index contributed by atoms with van der Waals surface area (Å²) in [4.78, 5) is 33.6. The van der Waals surface area contributed by atoms with Gasteiger partial charge in [-0.05, 0) is 122 Å². The van der Waals surface area contributed by atoms with Gasteiger partial charge < -0.3 is 60.5 Å². The Labute approximate surface area is 294 Å². The zero-order valence-electron chi connectivity index (χ0n) is 29.6. The molecule has 0 radical (unpaired) electrons. The molecular formula is C36H54N6O8. The van der Waals surface area contributed by atoms with Crippen LogP contribution in [-0.4, -0.2) is 152 Å². The molecule has 5 rings (SSSR count). The van der Waals surface area contributed by atoms with Crippen molar-refractivity contribution in [1.29, 1.82) is 0 Å². The fourth-order valence-electron chi connectivity index (χ4n) is 7.29. The number of hydrogen-bond donors (Lipinski definition) is 7. The van der Waals surface area contributed by atoms with E-state index in [0.29, 0.717) is 5.56 Å². The molecule has 6 atom stereocenters. The molecule has 2 amide bonds. The summed E-state index contributed by atoms with van der Waals surface area (Å²) in [6, 6.07) is 6.54. The number of benzene rings is 2. The van der Waals surface area contributed by atoms with Crippen LogP contribution in [0.3, 0.4) is 0 Å². The monoisotopic (exact) mass is 698 g/mol. The first-order chi connectivity index (χ1) is 24.0. The summed E-state index contributed by atoms with van der Waals surface area (Å²) < 4.78 is 10.8. The zero-order chi connectivity index (χ0) is 35.9. The van der Waals surface area contributed by atoms with E-state index in [4.69, 9.17) is 9.47 Å². The lowest BCUT2D eigenvalue weighted by Gasteiger charge is -2.49. The number of aliphatic hydroxyl groups is 3. The van der Waals surface area contributed by atoms with Crippen molar-refractivity contribution in [3.8, 4) is 17.2 Å². The molecule has 1 fully saturated rings. The summed E-state index contributed by atoms with van der Waals surface area (Å²) >= 11 is 0. The van der Waals surface area contributed by atoms with Crippen LogP contribution in [0.2, 0.25) is 0 Å². The maximum Gasteiger partial charge on any atom is 0.255 e. The van der Waals surface area contributed by atoms with Gasteiger partial charge in [0.1, 0.15) is 18.3 Å². The number of aliphatic hydroxyl groups excluding tert-OH is 3. The first-order valence-electron chi connectivity index (χ1n) is 17.6. The molecule has 0 spiro atoms. The summed E-state index contributed by atoms with van der Waals surface area (Å²) in [6.07, 6.45) is -0.137. The van der Waals surface area contributed by atoms with Gasteiger partial charge >= 0.3 is 0 Å². The summed E-state index contributed by atoms with van der Waals surface area (Å²) in [7, 11) is 8.44. The van der Waals surface area contributed by atoms with Crippen LogP contribution in [0.15, 0.2) is 30.3 Å². The number of carbonyl (C=O) groups excluding carboxylic acids is 2. The SMILES string of the molecule is CNCCCN(C)CCCCN(C)CCCN(C)Cc1ccc(C(=O)N[C@H]2[C@H](O)[C@@H](O)[C@@H](O)[C@@H]3NC(=O)c4c(cc5c(c4O)OCO5)[C@@H]23)cc1. The Morgan fingerprint density at radius 2 is 1.52 bits per heavy atom. The molecule has 2 aromatic carbocycles. The number of unbranched alkanes of at least 4 members (excludes halogenated alkanes) is 1. The van der Waals surface area contributed by atoms with Gasteiger partial charge in [-0.15, -0.1) is 0 Å². The molecule has 0 aromatic heterocycles. The minimum absolute atomic E-state index is 0.0221. The number of rotatable bonds is 17. The van der Waals surface area contributed by atoms with E-state index in [1.165, 1.54) is 25.3 Å². The molecule has 2 aromatic rings. The van der Waals surface area contributed by atoms with Gasteiger partial charge in [0.05, 0.1) is 17.6 Å². The van der Waals surface area contributed by atoms with Crippen LogP contribution in [0, 0.1) is 0 Å². The number of nitrogens with zero attached hydrogens (tertiary/aromatic N) is 3. The van der Waals surface area contributed by atoms with Crippen LogP contribution >= 0.6 is 0 Å². The largest absolute Gasteiger partial charge is 0.504 e. The first kappa shape index (κ1) is 37.7. The summed E-state index contributed by atoms with van der Waals surface area (Å²) in [5, 5.41) is 52.1. The summed E-state index contributed by atoms with van der Waals surface area (Å²) in [6.45, 7) is 6.93. The second-order valence-corrected chi connectivity index (χ2v) is 14.0. The second kappa shape index (κ2) is 17.1. The predicted octanol–water partition coefficient (Wildman–Crippen LogP) is 0.287. The number of aromatic hydroxyl groups is 1. The molecule has 2 aliphatic heterocycles. The van der Waals surface area contributed by atoms with E-state index in [-0.39, 0.29) is 29.4 Å². The average molecular weight is 699 g/mol. The highest BCUT2D eigenvalue weighted by atomic mass is 16.7. The van der Waals surface area contributed by atoms with E-state index in [1.807, 2.05) is 19.2 Å². The zero-order valence-corrected chi connectivity index (χ0v) is 29.6. The third-order valence-electron chi connectivity index (χ3n) is 10.1.